The van der Waals surface area contributed by atoms with Crippen molar-refractivity contribution in [3.8, 4) is 6.07 Å². The molecule has 1 N–H and O–H groups in total. The number of aryl methyl sites for hydroxylation is 1. The molecule has 0 spiro atoms. The summed E-state index contributed by atoms with van der Waals surface area (Å²) in [4.78, 5) is 0. The number of nitrogens with zero attached hydrogens (tertiary/aromatic N) is 1. The minimum Gasteiger partial charge on any atom is -0.377 e. The summed E-state index contributed by atoms with van der Waals surface area (Å²) in [6.07, 6.45) is 1.97. The van der Waals surface area contributed by atoms with E-state index >= 15 is 0 Å². The smallest absolute Gasteiger partial charge is 0.101 e. The number of nitriles is 1. The second-order valence-electron chi connectivity index (χ2n) is 5.00. The summed E-state index contributed by atoms with van der Waals surface area (Å²) >= 11 is 6.04. The first-order valence-electron chi connectivity index (χ1n) is 7.23. The van der Waals surface area contributed by atoms with Crippen molar-refractivity contribution in [2.24, 2.45) is 0 Å². The fourth-order valence-corrected chi connectivity index (χ4v) is 2.50. The Morgan fingerprint density at radius 2 is 1.86 bits per heavy atom. The Balaban J connectivity index is 2.26. The zero-order valence-electron chi connectivity index (χ0n) is 12.4. The van der Waals surface area contributed by atoms with Gasteiger partial charge in [-0.2, -0.15) is 5.26 Å². The number of hydrogen-bond donors (Lipinski definition) is 1. The zero-order valence-corrected chi connectivity index (χ0v) is 13.1. The standard InChI is InChI=1S/C18H19ClN2/c1-3-13-5-7-14(8-6-13)17(4-2)21-18-11-16(19)10-9-15(18)12-20/h5-11,17,21H,3-4H2,1-2H3. The van der Waals surface area contributed by atoms with E-state index in [1.807, 2.05) is 6.07 Å². The van der Waals surface area contributed by atoms with Gasteiger partial charge in [0.2, 0.25) is 0 Å². The minimum atomic E-state index is 0.168. The first-order valence-corrected chi connectivity index (χ1v) is 7.60. The Bertz CT molecular complexity index is 641. The summed E-state index contributed by atoms with van der Waals surface area (Å²) in [6, 6.07) is 16.3. The van der Waals surface area contributed by atoms with Crippen LogP contribution in [0, 0.1) is 11.3 Å². The first-order chi connectivity index (χ1) is 10.2. The highest BCUT2D eigenvalue weighted by Crippen LogP contribution is 2.27. The molecule has 0 fully saturated rings. The normalized spacial score (nSPS) is 11.7. The molecule has 0 bridgehead atoms. The van der Waals surface area contributed by atoms with E-state index in [-0.39, 0.29) is 6.04 Å². The van der Waals surface area contributed by atoms with Gasteiger partial charge < -0.3 is 5.32 Å². The molecule has 1 atom stereocenters. The molecule has 0 saturated heterocycles. The van der Waals surface area contributed by atoms with Crippen molar-refractivity contribution in [1.82, 2.24) is 0 Å². The van der Waals surface area contributed by atoms with Gasteiger partial charge in [-0.3, -0.25) is 0 Å². The number of rotatable bonds is 5. The topological polar surface area (TPSA) is 35.8 Å². The minimum absolute atomic E-state index is 0.168. The van der Waals surface area contributed by atoms with Gasteiger partial charge in [0.1, 0.15) is 6.07 Å². The van der Waals surface area contributed by atoms with Crippen LogP contribution in [-0.4, -0.2) is 0 Å². The molecule has 0 aliphatic carbocycles. The summed E-state index contributed by atoms with van der Waals surface area (Å²) in [7, 11) is 0. The lowest BCUT2D eigenvalue weighted by Crippen LogP contribution is -2.10. The van der Waals surface area contributed by atoms with Crippen molar-refractivity contribution in [1.29, 1.82) is 5.26 Å². The van der Waals surface area contributed by atoms with E-state index in [0.717, 1.165) is 18.5 Å². The summed E-state index contributed by atoms with van der Waals surface area (Å²) < 4.78 is 0. The fraction of sp³-hybridized carbons (Fsp3) is 0.278. The highest BCUT2D eigenvalue weighted by molar-refractivity contribution is 6.30. The molecule has 1 unspecified atom stereocenters. The van der Waals surface area contributed by atoms with Crippen LogP contribution in [0.15, 0.2) is 42.5 Å². The molecule has 0 aliphatic rings. The third-order valence-corrected chi connectivity index (χ3v) is 3.87. The van der Waals surface area contributed by atoms with Gasteiger partial charge in [0.15, 0.2) is 0 Å². The van der Waals surface area contributed by atoms with Crippen LogP contribution in [0.5, 0.6) is 0 Å². The summed E-state index contributed by atoms with van der Waals surface area (Å²) in [5, 5.41) is 13.3. The van der Waals surface area contributed by atoms with Crippen LogP contribution in [0.2, 0.25) is 5.02 Å². The second kappa shape index (κ2) is 7.15. The number of halogens is 1. The molecule has 21 heavy (non-hydrogen) atoms. The average molecular weight is 299 g/mol. The molecule has 0 radical (unpaired) electrons. The van der Waals surface area contributed by atoms with E-state index in [2.05, 4.69) is 49.5 Å². The lowest BCUT2D eigenvalue weighted by atomic mass is 10.0. The van der Waals surface area contributed by atoms with Gasteiger partial charge in [0, 0.05) is 5.02 Å². The van der Waals surface area contributed by atoms with Gasteiger partial charge in [-0.25, -0.2) is 0 Å². The quantitative estimate of drug-likeness (QED) is 0.809. The molecule has 3 heteroatoms. The molecular formula is C18H19ClN2. The predicted octanol–water partition coefficient (Wildman–Crippen LogP) is 5.34. The number of anilines is 1. The van der Waals surface area contributed by atoms with Crippen LogP contribution in [0.4, 0.5) is 5.69 Å². The largest absolute Gasteiger partial charge is 0.377 e. The molecule has 0 aromatic heterocycles. The van der Waals surface area contributed by atoms with E-state index in [1.54, 1.807) is 12.1 Å². The summed E-state index contributed by atoms with van der Waals surface area (Å²) in [6.45, 7) is 4.28. The van der Waals surface area contributed by atoms with Crippen molar-refractivity contribution in [2.75, 3.05) is 5.32 Å². The van der Waals surface area contributed by atoms with Crippen LogP contribution < -0.4 is 5.32 Å². The van der Waals surface area contributed by atoms with Gasteiger partial charge in [0.25, 0.3) is 0 Å². The Kier molecular flexibility index (Phi) is 5.25. The average Bonchev–Trinajstić information content (AvgIpc) is 2.53. The monoisotopic (exact) mass is 298 g/mol. The lowest BCUT2D eigenvalue weighted by molar-refractivity contribution is 0.748. The second-order valence-corrected chi connectivity index (χ2v) is 5.44. The van der Waals surface area contributed by atoms with E-state index in [4.69, 9.17) is 11.6 Å². The van der Waals surface area contributed by atoms with Gasteiger partial charge in [-0.1, -0.05) is 49.7 Å². The zero-order chi connectivity index (χ0) is 15.2. The maximum absolute atomic E-state index is 9.20. The van der Waals surface area contributed by atoms with Gasteiger partial charge >= 0.3 is 0 Å². The highest BCUT2D eigenvalue weighted by atomic mass is 35.5. The van der Waals surface area contributed by atoms with Gasteiger partial charge in [0.05, 0.1) is 17.3 Å². The third-order valence-electron chi connectivity index (χ3n) is 3.63. The van der Waals surface area contributed by atoms with Crippen molar-refractivity contribution in [3.63, 3.8) is 0 Å². The summed E-state index contributed by atoms with van der Waals surface area (Å²) in [5.74, 6) is 0. The molecule has 2 nitrogen and oxygen atoms in total. The molecular weight excluding hydrogens is 280 g/mol. The van der Waals surface area contributed by atoms with Crippen LogP contribution >= 0.6 is 11.6 Å². The molecule has 2 aromatic rings. The van der Waals surface area contributed by atoms with Crippen molar-refractivity contribution in [3.05, 3.63) is 64.2 Å². The molecule has 0 aliphatic heterocycles. The van der Waals surface area contributed by atoms with E-state index in [9.17, 15) is 5.26 Å². The Hall–Kier alpha value is -1.98. The fourth-order valence-electron chi connectivity index (χ4n) is 2.33. The Morgan fingerprint density at radius 1 is 1.14 bits per heavy atom. The van der Waals surface area contributed by atoms with E-state index in [0.29, 0.717) is 10.6 Å². The number of benzene rings is 2. The lowest BCUT2D eigenvalue weighted by Gasteiger charge is -2.20. The molecule has 0 saturated carbocycles. The van der Waals surface area contributed by atoms with Crippen molar-refractivity contribution >= 4 is 17.3 Å². The van der Waals surface area contributed by atoms with Crippen molar-refractivity contribution < 1.29 is 0 Å². The molecule has 0 amide bonds. The van der Waals surface area contributed by atoms with Crippen molar-refractivity contribution in [2.45, 2.75) is 32.7 Å². The maximum atomic E-state index is 9.20. The maximum Gasteiger partial charge on any atom is 0.101 e. The SMILES string of the molecule is CCc1ccc(C(CC)Nc2cc(Cl)ccc2C#N)cc1. The van der Waals surface area contributed by atoms with Gasteiger partial charge in [-0.05, 0) is 42.2 Å². The molecule has 2 aromatic carbocycles. The van der Waals surface area contributed by atoms with E-state index in [1.165, 1.54) is 11.1 Å². The molecule has 108 valence electrons. The van der Waals surface area contributed by atoms with Crippen LogP contribution in [0.25, 0.3) is 0 Å². The number of nitrogens with one attached hydrogen (secondary N) is 1. The third kappa shape index (κ3) is 3.77. The highest BCUT2D eigenvalue weighted by Gasteiger charge is 2.12. The summed E-state index contributed by atoms with van der Waals surface area (Å²) in [5.41, 5.74) is 3.95. The Labute approximate surface area is 131 Å². The van der Waals surface area contributed by atoms with Crippen LogP contribution in [-0.2, 0) is 6.42 Å². The molecule has 2 rings (SSSR count). The van der Waals surface area contributed by atoms with Crippen LogP contribution in [0.3, 0.4) is 0 Å². The number of hydrogen-bond acceptors (Lipinski definition) is 2. The van der Waals surface area contributed by atoms with E-state index < -0.39 is 0 Å². The molecule has 0 heterocycles. The Morgan fingerprint density at radius 3 is 2.43 bits per heavy atom. The first kappa shape index (κ1) is 15.4. The van der Waals surface area contributed by atoms with Gasteiger partial charge in [-0.15, -0.1) is 0 Å². The van der Waals surface area contributed by atoms with Crippen LogP contribution in [0.1, 0.15) is 43.0 Å². The predicted molar refractivity (Wildman–Crippen MR) is 88.6 cm³/mol.